The monoisotopic (exact) mass is 380 g/mol. The molecule has 1 aromatic carbocycles. The molecule has 0 unspecified atom stereocenters. The Morgan fingerprint density at radius 1 is 1.14 bits per heavy atom. The van der Waals surface area contributed by atoms with Gasteiger partial charge in [-0.3, -0.25) is 14.3 Å². The smallest absolute Gasteiger partial charge is 0.246 e. The minimum atomic E-state index is -0.269. The minimum Gasteiger partial charge on any atom is -0.369 e. The van der Waals surface area contributed by atoms with Crippen molar-refractivity contribution in [2.24, 2.45) is 11.7 Å². The van der Waals surface area contributed by atoms with Gasteiger partial charge in [-0.05, 0) is 45.3 Å². The molecule has 28 heavy (non-hydrogen) atoms. The lowest BCUT2D eigenvalue weighted by Crippen LogP contribution is -2.41. The van der Waals surface area contributed by atoms with Crippen molar-refractivity contribution < 1.29 is 9.59 Å². The summed E-state index contributed by atoms with van der Waals surface area (Å²) in [5.74, 6) is -0.416. The molecule has 2 heterocycles. The summed E-state index contributed by atoms with van der Waals surface area (Å²) in [6.07, 6.45) is 4.74. The number of carbonyl (C=O) groups excluding carboxylic acids is 2. The highest BCUT2D eigenvalue weighted by atomic mass is 16.2. The molecule has 6 nitrogen and oxygen atoms in total. The summed E-state index contributed by atoms with van der Waals surface area (Å²) >= 11 is 0. The number of amides is 2. The Morgan fingerprint density at radius 3 is 2.39 bits per heavy atom. The van der Waals surface area contributed by atoms with E-state index in [4.69, 9.17) is 5.73 Å². The molecule has 1 fully saturated rings. The molecule has 0 spiro atoms. The lowest BCUT2D eigenvalue weighted by atomic mass is 9.96. The van der Waals surface area contributed by atoms with E-state index in [1.165, 1.54) is 11.1 Å². The van der Waals surface area contributed by atoms with Crippen LogP contribution in [0.5, 0.6) is 0 Å². The maximum Gasteiger partial charge on any atom is 0.246 e. The third-order valence-electron chi connectivity index (χ3n) is 5.49. The third kappa shape index (κ3) is 4.50. The summed E-state index contributed by atoms with van der Waals surface area (Å²) in [5, 5.41) is 4.64. The van der Waals surface area contributed by atoms with E-state index in [0.29, 0.717) is 32.5 Å². The van der Waals surface area contributed by atoms with Gasteiger partial charge >= 0.3 is 0 Å². The zero-order chi connectivity index (χ0) is 20.3. The van der Waals surface area contributed by atoms with Crippen molar-refractivity contribution >= 4 is 17.9 Å². The second-order valence-electron chi connectivity index (χ2n) is 7.56. The first-order chi connectivity index (χ1) is 13.3. The molecule has 2 N–H and O–H groups in total. The molecule has 0 atom stereocenters. The fraction of sp³-hybridized carbons (Fsp3) is 0.409. The summed E-state index contributed by atoms with van der Waals surface area (Å²) in [7, 11) is 0. The molecule has 148 valence electrons. The van der Waals surface area contributed by atoms with Gasteiger partial charge < -0.3 is 10.6 Å². The van der Waals surface area contributed by atoms with Gasteiger partial charge in [-0.25, -0.2) is 0 Å². The van der Waals surface area contributed by atoms with Gasteiger partial charge in [-0.1, -0.05) is 29.8 Å². The van der Waals surface area contributed by atoms with Gasteiger partial charge in [0, 0.05) is 36.3 Å². The van der Waals surface area contributed by atoms with Crippen LogP contribution in [-0.4, -0.2) is 39.6 Å². The number of aryl methyl sites for hydroxylation is 2. The Bertz CT molecular complexity index is 888. The average Bonchev–Trinajstić information content (AvgIpc) is 2.94. The SMILES string of the molecule is Cc1ccc(Cn2nc(C)c(/C=C\C(=O)N3CCC(C(N)=O)CC3)c2C)cc1. The van der Waals surface area contributed by atoms with Gasteiger partial charge in [-0.2, -0.15) is 5.10 Å². The van der Waals surface area contributed by atoms with E-state index in [1.807, 2.05) is 24.6 Å². The molecular formula is C22H28N4O2. The Morgan fingerprint density at radius 2 is 1.79 bits per heavy atom. The van der Waals surface area contributed by atoms with E-state index in [1.54, 1.807) is 11.0 Å². The number of rotatable bonds is 5. The molecule has 0 saturated carbocycles. The van der Waals surface area contributed by atoms with Crippen molar-refractivity contribution in [2.45, 2.75) is 40.2 Å². The average molecular weight is 380 g/mol. The number of carbonyl (C=O) groups is 2. The van der Waals surface area contributed by atoms with Crippen LogP contribution in [0.25, 0.3) is 6.08 Å². The van der Waals surface area contributed by atoms with Crippen molar-refractivity contribution in [3.63, 3.8) is 0 Å². The van der Waals surface area contributed by atoms with Gasteiger partial charge in [0.25, 0.3) is 0 Å². The van der Waals surface area contributed by atoms with Gasteiger partial charge in [0.2, 0.25) is 11.8 Å². The molecular weight excluding hydrogens is 352 g/mol. The summed E-state index contributed by atoms with van der Waals surface area (Å²) in [4.78, 5) is 25.5. The van der Waals surface area contributed by atoms with Crippen LogP contribution in [0.3, 0.4) is 0 Å². The van der Waals surface area contributed by atoms with Crippen molar-refractivity contribution in [3.8, 4) is 0 Å². The standard InChI is InChI=1S/C22H28N4O2/c1-15-4-6-18(7-5-15)14-26-17(3)20(16(2)24-26)8-9-21(27)25-12-10-19(11-13-25)22(23)28/h4-9,19H,10-14H2,1-3H3,(H2,23,28)/b9-8-. The van der Waals surface area contributed by atoms with E-state index < -0.39 is 0 Å². The summed E-state index contributed by atoms with van der Waals surface area (Å²) in [5.41, 5.74) is 10.7. The first kappa shape index (κ1) is 19.9. The van der Waals surface area contributed by atoms with Crippen LogP contribution < -0.4 is 5.73 Å². The van der Waals surface area contributed by atoms with E-state index in [0.717, 1.165) is 17.0 Å². The van der Waals surface area contributed by atoms with Gasteiger partial charge in [0.05, 0.1) is 12.2 Å². The molecule has 2 amide bonds. The highest BCUT2D eigenvalue weighted by Crippen LogP contribution is 2.19. The molecule has 1 saturated heterocycles. The van der Waals surface area contributed by atoms with Crippen molar-refractivity contribution in [1.29, 1.82) is 0 Å². The second kappa shape index (κ2) is 8.42. The molecule has 3 rings (SSSR count). The topological polar surface area (TPSA) is 81.2 Å². The van der Waals surface area contributed by atoms with Crippen LogP contribution in [0.2, 0.25) is 0 Å². The largest absolute Gasteiger partial charge is 0.369 e. The minimum absolute atomic E-state index is 0.0343. The number of hydrogen-bond acceptors (Lipinski definition) is 3. The number of aromatic nitrogens is 2. The maximum absolute atomic E-state index is 12.5. The van der Waals surface area contributed by atoms with Crippen LogP contribution in [0.15, 0.2) is 30.3 Å². The number of nitrogens with two attached hydrogens (primary N) is 1. The Kier molecular flexibility index (Phi) is 5.97. The molecule has 1 aliphatic heterocycles. The number of piperidine rings is 1. The number of primary amides is 1. The second-order valence-corrected chi connectivity index (χ2v) is 7.56. The van der Waals surface area contributed by atoms with Gasteiger partial charge in [-0.15, -0.1) is 0 Å². The van der Waals surface area contributed by atoms with Crippen LogP contribution in [0.1, 0.15) is 40.9 Å². The predicted molar refractivity (Wildman–Crippen MR) is 110 cm³/mol. The normalized spacial score (nSPS) is 15.3. The molecule has 0 bridgehead atoms. The van der Waals surface area contributed by atoms with E-state index >= 15 is 0 Å². The van der Waals surface area contributed by atoms with Gasteiger partial charge in [0.15, 0.2) is 0 Å². The van der Waals surface area contributed by atoms with Crippen LogP contribution in [0, 0.1) is 26.7 Å². The highest BCUT2D eigenvalue weighted by molar-refractivity contribution is 5.92. The highest BCUT2D eigenvalue weighted by Gasteiger charge is 2.24. The fourth-order valence-electron chi connectivity index (χ4n) is 3.62. The predicted octanol–water partition coefficient (Wildman–Crippen LogP) is 2.59. The summed E-state index contributed by atoms with van der Waals surface area (Å²) < 4.78 is 1.97. The Balaban J connectivity index is 1.67. The first-order valence-electron chi connectivity index (χ1n) is 9.71. The molecule has 6 heteroatoms. The van der Waals surface area contributed by atoms with Crippen LogP contribution >= 0.6 is 0 Å². The lowest BCUT2D eigenvalue weighted by molar-refractivity contribution is -0.130. The van der Waals surface area contributed by atoms with Gasteiger partial charge in [0.1, 0.15) is 0 Å². The summed E-state index contributed by atoms with van der Waals surface area (Å²) in [6, 6.07) is 8.42. The van der Waals surface area contributed by atoms with Crippen molar-refractivity contribution in [3.05, 3.63) is 58.4 Å². The number of hydrogen-bond donors (Lipinski definition) is 1. The Hall–Kier alpha value is -2.89. The van der Waals surface area contributed by atoms with E-state index in [-0.39, 0.29) is 17.7 Å². The zero-order valence-corrected chi connectivity index (χ0v) is 16.8. The Labute approximate surface area is 166 Å². The van der Waals surface area contributed by atoms with Crippen LogP contribution in [0.4, 0.5) is 0 Å². The lowest BCUT2D eigenvalue weighted by Gasteiger charge is -2.29. The zero-order valence-electron chi connectivity index (χ0n) is 16.8. The third-order valence-corrected chi connectivity index (χ3v) is 5.49. The maximum atomic E-state index is 12.5. The summed E-state index contributed by atoms with van der Waals surface area (Å²) in [6.45, 7) is 7.90. The van der Waals surface area contributed by atoms with E-state index in [2.05, 4.69) is 36.3 Å². The molecule has 0 radical (unpaired) electrons. The quantitative estimate of drug-likeness (QED) is 0.810. The molecule has 0 aliphatic carbocycles. The van der Waals surface area contributed by atoms with Crippen molar-refractivity contribution in [2.75, 3.05) is 13.1 Å². The molecule has 1 aliphatic rings. The molecule has 2 aromatic rings. The van der Waals surface area contributed by atoms with Crippen LogP contribution in [-0.2, 0) is 16.1 Å². The first-order valence-corrected chi connectivity index (χ1v) is 9.71. The molecule has 1 aromatic heterocycles. The van der Waals surface area contributed by atoms with Crippen molar-refractivity contribution in [1.82, 2.24) is 14.7 Å². The fourth-order valence-corrected chi connectivity index (χ4v) is 3.62. The number of benzene rings is 1. The van der Waals surface area contributed by atoms with E-state index in [9.17, 15) is 9.59 Å². The number of likely N-dealkylation sites (tertiary alicyclic amines) is 1. The number of nitrogens with zero attached hydrogens (tertiary/aromatic N) is 3.